The molecule has 1 aromatic heterocycles. The fourth-order valence-corrected chi connectivity index (χ4v) is 5.98. The molecule has 0 saturated carbocycles. The maximum atomic E-state index is 14.4. The third-order valence-electron chi connectivity index (χ3n) is 8.32. The van der Waals surface area contributed by atoms with Gasteiger partial charge in [0.1, 0.15) is 23.2 Å². The molecule has 7 nitrogen and oxygen atoms in total. The predicted octanol–water partition coefficient (Wildman–Crippen LogP) is 5.68. The second-order valence-electron chi connectivity index (χ2n) is 11.0. The number of halogens is 3. The zero-order valence-electron chi connectivity index (χ0n) is 22.9. The van der Waals surface area contributed by atoms with Gasteiger partial charge in [-0.05, 0) is 67.4 Å². The van der Waals surface area contributed by atoms with Gasteiger partial charge in [0.05, 0.1) is 30.2 Å². The first-order valence-electron chi connectivity index (χ1n) is 14.1. The largest absolute Gasteiger partial charge is 0.492 e. The fourth-order valence-electron chi connectivity index (χ4n) is 5.89. The summed E-state index contributed by atoms with van der Waals surface area (Å²) in [4.78, 5) is 17.7. The van der Waals surface area contributed by atoms with E-state index in [1.165, 1.54) is 12.1 Å². The van der Waals surface area contributed by atoms with Crippen LogP contribution in [0.25, 0.3) is 0 Å². The monoisotopic (exact) mass is 570 g/mol. The molecule has 3 atom stereocenters. The first kappa shape index (κ1) is 28.5. The number of nitrogens with two attached hydrogens (primary N) is 1. The van der Waals surface area contributed by atoms with Crippen molar-refractivity contribution in [2.75, 3.05) is 37.7 Å². The molecule has 10 heteroatoms. The lowest BCUT2D eigenvalue weighted by atomic mass is 9.84. The Balaban J connectivity index is 1.12. The van der Waals surface area contributed by atoms with Crippen molar-refractivity contribution in [3.05, 3.63) is 76.9 Å². The Labute approximate surface area is 239 Å². The van der Waals surface area contributed by atoms with E-state index in [1.54, 1.807) is 18.6 Å². The number of hydrogen-bond donors (Lipinski definition) is 1. The van der Waals surface area contributed by atoms with E-state index in [2.05, 4.69) is 32.8 Å². The number of hydrogen-bond acceptors (Lipinski definition) is 7. The first-order chi connectivity index (χ1) is 19.4. The number of aliphatic imine (C=N–C) groups is 1. The third-order valence-corrected chi connectivity index (χ3v) is 8.52. The van der Waals surface area contributed by atoms with Crippen LogP contribution >= 0.6 is 11.6 Å². The van der Waals surface area contributed by atoms with E-state index in [4.69, 9.17) is 27.1 Å². The summed E-state index contributed by atoms with van der Waals surface area (Å²) in [6.07, 6.45) is 13.9. The van der Waals surface area contributed by atoms with Crippen molar-refractivity contribution in [1.29, 1.82) is 0 Å². The summed E-state index contributed by atoms with van der Waals surface area (Å²) < 4.78 is 34.3. The Morgan fingerprint density at radius 2 is 1.90 bits per heavy atom. The van der Waals surface area contributed by atoms with Gasteiger partial charge < -0.3 is 20.3 Å². The molecule has 0 radical (unpaired) electrons. The summed E-state index contributed by atoms with van der Waals surface area (Å²) >= 11 is 5.92. The minimum atomic E-state index is -0.451. The Morgan fingerprint density at radius 1 is 1.12 bits per heavy atom. The highest BCUT2D eigenvalue weighted by Crippen LogP contribution is 2.31. The maximum absolute atomic E-state index is 14.4. The van der Waals surface area contributed by atoms with Crippen LogP contribution in [-0.2, 0) is 4.74 Å². The van der Waals surface area contributed by atoms with Crippen molar-refractivity contribution in [1.82, 2.24) is 14.9 Å². The summed E-state index contributed by atoms with van der Waals surface area (Å²) in [5.74, 6) is 2.39. The minimum Gasteiger partial charge on any atom is -0.492 e. The third kappa shape index (κ3) is 6.99. The molecule has 2 N–H and O–H groups in total. The number of anilines is 1. The van der Waals surface area contributed by atoms with Crippen molar-refractivity contribution in [2.45, 2.75) is 51.0 Å². The Morgan fingerprint density at radius 3 is 2.67 bits per heavy atom. The summed E-state index contributed by atoms with van der Waals surface area (Å²) in [5, 5.41) is 0.551. The van der Waals surface area contributed by atoms with Crippen LogP contribution in [0, 0.1) is 23.5 Å². The maximum Gasteiger partial charge on any atom is 0.225 e. The van der Waals surface area contributed by atoms with Gasteiger partial charge >= 0.3 is 0 Å². The molecular weight excluding hydrogens is 534 g/mol. The number of allylic oxidation sites excluding steroid dienone is 2. The van der Waals surface area contributed by atoms with Gasteiger partial charge in [-0.3, -0.25) is 0 Å². The molecular formula is C30H37ClF2N6O. The molecule has 0 amide bonds. The molecule has 3 aliphatic heterocycles. The van der Waals surface area contributed by atoms with Crippen molar-refractivity contribution < 1.29 is 13.5 Å². The summed E-state index contributed by atoms with van der Waals surface area (Å²) in [7, 11) is 0. The molecule has 5 rings (SSSR count). The number of amidine groups is 1. The molecule has 3 unspecified atom stereocenters. The van der Waals surface area contributed by atoms with E-state index in [1.807, 2.05) is 6.08 Å². The zero-order chi connectivity index (χ0) is 28.1. The average molecular weight is 571 g/mol. The van der Waals surface area contributed by atoms with Crippen molar-refractivity contribution in [3.63, 3.8) is 0 Å². The van der Waals surface area contributed by atoms with Crippen LogP contribution in [0.1, 0.15) is 50.5 Å². The Kier molecular flexibility index (Phi) is 9.32. The summed E-state index contributed by atoms with van der Waals surface area (Å²) in [6, 6.07) is 3.27. The van der Waals surface area contributed by atoms with E-state index in [0.29, 0.717) is 42.1 Å². The fraction of sp³-hybridized carbons (Fsp3) is 0.500. The number of benzene rings is 1. The van der Waals surface area contributed by atoms with Gasteiger partial charge in [-0.15, -0.1) is 0 Å². The van der Waals surface area contributed by atoms with Crippen molar-refractivity contribution in [3.8, 4) is 0 Å². The van der Waals surface area contributed by atoms with Crippen LogP contribution in [0.3, 0.4) is 0 Å². The quantitative estimate of drug-likeness (QED) is 0.461. The van der Waals surface area contributed by atoms with Gasteiger partial charge in [0.25, 0.3) is 0 Å². The number of nitrogens with zero attached hydrogens (tertiary/aromatic N) is 5. The first-order valence-corrected chi connectivity index (χ1v) is 14.5. The second-order valence-corrected chi connectivity index (χ2v) is 11.4. The SMILES string of the molecule is CC(CCOC1=CN=C(N2CC(N)C(c3cc(F)ccc3F)C2)CCC=C1)C1CCN(c2ncc(Cl)cn2)CC1. The molecule has 0 aliphatic carbocycles. The van der Waals surface area contributed by atoms with Crippen LogP contribution < -0.4 is 10.6 Å². The smallest absolute Gasteiger partial charge is 0.225 e. The summed E-state index contributed by atoms with van der Waals surface area (Å²) in [6.45, 7) is 5.86. The highest BCUT2D eigenvalue weighted by Gasteiger charge is 2.34. The number of rotatable bonds is 7. The molecule has 1 aromatic carbocycles. The molecule has 0 bridgehead atoms. The van der Waals surface area contributed by atoms with Gasteiger partial charge in [0.2, 0.25) is 5.95 Å². The number of aromatic nitrogens is 2. The number of piperidine rings is 1. The normalized spacial score (nSPS) is 22.9. The molecule has 214 valence electrons. The van der Waals surface area contributed by atoms with Gasteiger partial charge in [-0.2, -0.15) is 0 Å². The molecule has 4 heterocycles. The predicted molar refractivity (Wildman–Crippen MR) is 154 cm³/mol. The van der Waals surface area contributed by atoms with Gasteiger partial charge in [0, 0.05) is 44.6 Å². The lowest BCUT2D eigenvalue weighted by molar-refractivity contribution is 0.174. The topological polar surface area (TPSA) is 79.9 Å². The van der Waals surface area contributed by atoms with Crippen LogP contribution in [0.2, 0.25) is 5.02 Å². The molecule has 2 aromatic rings. The van der Waals surface area contributed by atoms with Gasteiger partial charge in [-0.1, -0.05) is 24.6 Å². The standard InChI is InChI=1S/C30H37ClF2N6O/c1-20(21-8-11-38(12-9-21)30-36-15-22(31)16-37-30)10-13-40-24-4-2-3-5-29(35-17-24)39-18-26(28(34)19-39)25-14-23(32)6-7-27(25)33/h2,4,6-7,14-17,20-21,26,28H,3,5,8-13,18-19,34H2,1H3. The van der Waals surface area contributed by atoms with Crippen molar-refractivity contribution >= 4 is 23.4 Å². The average Bonchev–Trinajstić information content (AvgIpc) is 3.32. The highest BCUT2D eigenvalue weighted by molar-refractivity contribution is 6.30. The van der Waals surface area contributed by atoms with Crippen LogP contribution in [0.4, 0.5) is 14.7 Å². The van der Waals surface area contributed by atoms with Gasteiger partial charge in [0.15, 0.2) is 0 Å². The molecule has 0 spiro atoms. The van der Waals surface area contributed by atoms with Crippen LogP contribution in [0.15, 0.2) is 59.7 Å². The minimum absolute atomic E-state index is 0.286. The van der Waals surface area contributed by atoms with Crippen LogP contribution in [0.5, 0.6) is 0 Å². The van der Waals surface area contributed by atoms with E-state index in [0.717, 1.165) is 68.8 Å². The molecule has 40 heavy (non-hydrogen) atoms. The highest BCUT2D eigenvalue weighted by atomic mass is 35.5. The Bertz CT molecular complexity index is 1250. The van der Waals surface area contributed by atoms with Crippen LogP contribution in [-0.4, -0.2) is 59.5 Å². The molecule has 2 fully saturated rings. The lowest BCUT2D eigenvalue weighted by Crippen LogP contribution is -2.36. The summed E-state index contributed by atoms with van der Waals surface area (Å²) in [5.41, 5.74) is 6.70. The Hall–Kier alpha value is -3.04. The van der Waals surface area contributed by atoms with E-state index >= 15 is 0 Å². The van der Waals surface area contributed by atoms with E-state index in [9.17, 15) is 8.78 Å². The second kappa shape index (κ2) is 13.1. The number of ether oxygens (including phenoxy) is 1. The van der Waals surface area contributed by atoms with Gasteiger partial charge in [-0.25, -0.2) is 23.7 Å². The van der Waals surface area contributed by atoms with Crippen molar-refractivity contribution in [2.24, 2.45) is 22.6 Å². The molecule has 2 saturated heterocycles. The zero-order valence-corrected chi connectivity index (χ0v) is 23.6. The number of likely N-dealkylation sites (tertiary alicyclic amines) is 1. The van der Waals surface area contributed by atoms with E-state index < -0.39 is 11.6 Å². The van der Waals surface area contributed by atoms with E-state index in [-0.39, 0.29) is 12.0 Å². The lowest BCUT2D eigenvalue weighted by Gasteiger charge is -2.34. The molecule has 3 aliphatic rings.